The molecule has 0 aliphatic heterocycles. The smallest absolute Gasteiger partial charge is 0.171 e. The molecule has 0 radical (unpaired) electrons. The molecule has 52 valence electrons. The molecule has 0 saturated heterocycles. The summed E-state index contributed by atoms with van der Waals surface area (Å²) in [6.07, 6.45) is 3.11. The first kappa shape index (κ1) is 6.61. The van der Waals surface area contributed by atoms with E-state index in [0.29, 0.717) is 0 Å². The van der Waals surface area contributed by atoms with E-state index in [1.807, 2.05) is 0 Å². The molecule has 3 heteroatoms. The lowest BCUT2D eigenvalue weighted by molar-refractivity contribution is 0.460. The van der Waals surface area contributed by atoms with E-state index in [0.717, 1.165) is 0 Å². The Hall–Kier alpha value is -1.51. The quantitative estimate of drug-likeness (QED) is 0.588. The van der Waals surface area contributed by atoms with Gasteiger partial charge in [-0.15, -0.1) is 0 Å². The highest BCUT2D eigenvalue weighted by Crippen LogP contribution is 1.96. The Bertz CT molecular complexity index is 301. The second-order valence-corrected chi connectivity index (χ2v) is 1.83. The highest BCUT2D eigenvalue weighted by atomic mass is 16.3. The largest absolute Gasteiger partial charge is 0.504 e. The van der Waals surface area contributed by atoms with Crippen LogP contribution in [0.3, 0.4) is 0 Å². The minimum absolute atomic E-state index is 0.0394. The van der Waals surface area contributed by atoms with E-state index in [1.54, 1.807) is 12.3 Å². The Balaban J connectivity index is 3.42. The lowest BCUT2D eigenvalue weighted by Crippen LogP contribution is -2.12. The second kappa shape index (κ2) is 2.39. The molecule has 3 nitrogen and oxygen atoms in total. The minimum atomic E-state index is -0.0394. The molecule has 0 fully saturated rings. The van der Waals surface area contributed by atoms with Crippen molar-refractivity contribution < 1.29 is 5.11 Å². The monoisotopic (exact) mass is 136 g/mol. The van der Waals surface area contributed by atoms with Crippen LogP contribution in [0.2, 0.25) is 0 Å². The first-order chi connectivity index (χ1) is 4.75. The van der Waals surface area contributed by atoms with Gasteiger partial charge < -0.3 is 9.67 Å². The standard InChI is InChI=1S/C7H8N2O/c1-2-9-5-3-4-6(10)7(9)8/h2-5,8,10H,1H2. The lowest BCUT2D eigenvalue weighted by Gasteiger charge is -1.98. The highest BCUT2D eigenvalue weighted by molar-refractivity contribution is 5.23. The number of hydrogen-bond donors (Lipinski definition) is 2. The van der Waals surface area contributed by atoms with Crippen molar-refractivity contribution in [1.82, 2.24) is 4.57 Å². The van der Waals surface area contributed by atoms with E-state index in [1.165, 1.54) is 16.8 Å². The average Bonchev–Trinajstić information content (AvgIpc) is 1.95. The van der Waals surface area contributed by atoms with Crippen LogP contribution in [0.1, 0.15) is 0 Å². The van der Waals surface area contributed by atoms with Crippen LogP contribution in [0.5, 0.6) is 5.75 Å². The summed E-state index contributed by atoms with van der Waals surface area (Å²) >= 11 is 0. The van der Waals surface area contributed by atoms with Crippen LogP contribution >= 0.6 is 0 Å². The third kappa shape index (κ3) is 0.932. The number of aromatic hydroxyl groups is 1. The molecule has 0 aromatic carbocycles. The van der Waals surface area contributed by atoms with Crippen LogP contribution in [0.4, 0.5) is 0 Å². The van der Waals surface area contributed by atoms with Gasteiger partial charge in [0.2, 0.25) is 0 Å². The normalized spacial score (nSPS) is 9.20. The molecule has 1 heterocycles. The van der Waals surface area contributed by atoms with Crippen LogP contribution in [0, 0.1) is 5.41 Å². The van der Waals surface area contributed by atoms with Crippen LogP contribution in [0.15, 0.2) is 24.9 Å². The maximum atomic E-state index is 8.98. The molecular weight excluding hydrogens is 128 g/mol. The van der Waals surface area contributed by atoms with Crippen LogP contribution in [-0.2, 0) is 0 Å². The van der Waals surface area contributed by atoms with E-state index < -0.39 is 0 Å². The molecule has 0 aliphatic carbocycles. The van der Waals surface area contributed by atoms with E-state index in [2.05, 4.69) is 6.58 Å². The van der Waals surface area contributed by atoms with Crippen LogP contribution < -0.4 is 5.49 Å². The number of nitrogens with zero attached hydrogens (tertiary/aromatic N) is 1. The summed E-state index contributed by atoms with van der Waals surface area (Å²) in [7, 11) is 0. The van der Waals surface area contributed by atoms with Gasteiger partial charge in [0.25, 0.3) is 0 Å². The molecule has 0 atom stereocenters. The van der Waals surface area contributed by atoms with Crippen molar-refractivity contribution in [2.45, 2.75) is 0 Å². The Morgan fingerprint density at radius 1 is 1.70 bits per heavy atom. The topological polar surface area (TPSA) is 49.0 Å². The van der Waals surface area contributed by atoms with Crippen molar-refractivity contribution in [1.29, 1.82) is 5.41 Å². The van der Waals surface area contributed by atoms with Gasteiger partial charge in [-0.2, -0.15) is 0 Å². The molecule has 0 unspecified atom stereocenters. The van der Waals surface area contributed by atoms with E-state index in [4.69, 9.17) is 10.5 Å². The molecule has 10 heavy (non-hydrogen) atoms. The molecule has 2 N–H and O–H groups in total. The fraction of sp³-hybridized carbons (Fsp3) is 0. The molecule has 0 bridgehead atoms. The number of rotatable bonds is 1. The Morgan fingerprint density at radius 3 is 2.90 bits per heavy atom. The summed E-state index contributed by atoms with van der Waals surface area (Å²) in [6, 6.07) is 3.11. The van der Waals surface area contributed by atoms with Gasteiger partial charge in [-0.05, 0) is 12.1 Å². The zero-order valence-electron chi connectivity index (χ0n) is 5.41. The summed E-state index contributed by atoms with van der Waals surface area (Å²) in [5.41, 5.74) is 0.0532. The maximum Gasteiger partial charge on any atom is 0.171 e. The first-order valence-electron chi connectivity index (χ1n) is 2.83. The summed E-state index contributed by atoms with van der Waals surface area (Å²) in [5, 5.41) is 16.2. The molecule has 0 amide bonds. The molecule has 1 aromatic heterocycles. The van der Waals surface area contributed by atoms with Crippen molar-refractivity contribution >= 4 is 6.20 Å². The molecule has 0 saturated carbocycles. The fourth-order valence-corrected chi connectivity index (χ4v) is 0.665. The highest BCUT2D eigenvalue weighted by Gasteiger charge is 1.90. The van der Waals surface area contributed by atoms with E-state index >= 15 is 0 Å². The molecule has 0 aliphatic rings. The number of pyridine rings is 1. The first-order valence-corrected chi connectivity index (χ1v) is 2.83. The SMILES string of the molecule is C=Cn1cccc(O)c1=N. The maximum absolute atomic E-state index is 8.98. The molecule has 1 aromatic rings. The van der Waals surface area contributed by atoms with Crippen molar-refractivity contribution in [3.63, 3.8) is 0 Å². The Morgan fingerprint density at radius 2 is 2.40 bits per heavy atom. The van der Waals surface area contributed by atoms with Gasteiger partial charge in [-0.25, -0.2) is 0 Å². The van der Waals surface area contributed by atoms with Crippen molar-refractivity contribution in [2.24, 2.45) is 0 Å². The van der Waals surface area contributed by atoms with Crippen LogP contribution in [0.25, 0.3) is 6.20 Å². The third-order valence-electron chi connectivity index (χ3n) is 1.20. The summed E-state index contributed by atoms with van der Waals surface area (Å²) in [6.45, 7) is 3.46. The zero-order valence-corrected chi connectivity index (χ0v) is 5.41. The van der Waals surface area contributed by atoms with Gasteiger partial charge in [0.15, 0.2) is 11.2 Å². The van der Waals surface area contributed by atoms with Gasteiger partial charge in [-0.3, -0.25) is 5.41 Å². The predicted octanol–water partition coefficient (Wildman–Crippen LogP) is 0.774. The van der Waals surface area contributed by atoms with Gasteiger partial charge >= 0.3 is 0 Å². The summed E-state index contributed by atoms with van der Waals surface area (Å²) < 4.78 is 1.43. The van der Waals surface area contributed by atoms with E-state index in [-0.39, 0.29) is 11.2 Å². The number of aromatic nitrogens is 1. The average molecular weight is 136 g/mol. The van der Waals surface area contributed by atoms with Gasteiger partial charge in [0.1, 0.15) is 0 Å². The predicted molar refractivity (Wildman–Crippen MR) is 38.3 cm³/mol. The van der Waals surface area contributed by atoms with Crippen molar-refractivity contribution in [3.8, 4) is 5.75 Å². The molecular formula is C7H8N2O. The fourth-order valence-electron chi connectivity index (χ4n) is 0.665. The Labute approximate surface area is 58.4 Å². The van der Waals surface area contributed by atoms with Crippen molar-refractivity contribution in [2.75, 3.05) is 0 Å². The summed E-state index contributed by atoms with van der Waals surface area (Å²) in [5.74, 6) is -0.0394. The van der Waals surface area contributed by atoms with Crippen LogP contribution in [-0.4, -0.2) is 9.67 Å². The molecule has 0 spiro atoms. The minimum Gasteiger partial charge on any atom is -0.504 e. The van der Waals surface area contributed by atoms with Gasteiger partial charge in [0, 0.05) is 12.4 Å². The Kier molecular flexibility index (Phi) is 1.58. The van der Waals surface area contributed by atoms with Crippen molar-refractivity contribution in [3.05, 3.63) is 30.4 Å². The summed E-state index contributed by atoms with van der Waals surface area (Å²) in [4.78, 5) is 0. The molecule has 1 rings (SSSR count). The zero-order chi connectivity index (χ0) is 7.56. The van der Waals surface area contributed by atoms with Gasteiger partial charge in [-0.1, -0.05) is 6.58 Å². The number of nitrogens with one attached hydrogen (secondary N) is 1. The lowest BCUT2D eigenvalue weighted by atomic mass is 10.4. The van der Waals surface area contributed by atoms with Gasteiger partial charge in [0.05, 0.1) is 0 Å². The van der Waals surface area contributed by atoms with E-state index in [9.17, 15) is 0 Å². The second-order valence-electron chi connectivity index (χ2n) is 1.83. The number of hydrogen-bond acceptors (Lipinski definition) is 2. The third-order valence-corrected chi connectivity index (χ3v) is 1.20.